The number of anilines is 1. The molecule has 0 aromatic heterocycles. The van der Waals surface area contributed by atoms with Crippen molar-refractivity contribution in [3.63, 3.8) is 0 Å². The molecule has 1 aromatic carbocycles. The Morgan fingerprint density at radius 3 is 2.43 bits per heavy atom. The van der Waals surface area contributed by atoms with Crippen LogP contribution in [0.1, 0.15) is 39.0 Å². The van der Waals surface area contributed by atoms with E-state index in [0.29, 0.717) is 10.9 Å². The maximum absolute atomic E-state index is 12.2. The van der Waals surface area contributed by atoms with Gasteiger partial charge in [-0.15, -0.1) is 0 Å². The number of benzene rings is 1. The molecule has 4 nitrogen and oxygen atoms in total. The summed E-state index contributed by atoms with van der Waals surface area (Å²) in [6.45, 7) is 2.26. The monoisotopic (exact) mass is 310 g/mol. The van der Waals surface area contributed by atoms with Crippen molar-refractivity contribution in [3.8, 4) is 0 Å². The summed E-state index contributed by atoms with van der Waals surface area (Å²) in [7, 11) is -0.246. The summed E-state index contributed by atoms with van der Waals surface area (Å²) in [5, 5.41) is 3.49. The summed E-state index contributed by atoms with van der Waals surface area (Å²) in [6.07, 6.45) is 6.14. The molecule has 0 aliphatic heterocycles. The van der Waals surface area contributed by atoms with E-state index >= 15 is 0 Å². The summed E-state index contributed by atoms with van der Waals surface area (Å²) >= 11 is 0. The second-order valence-electron chi connectivity index (χ2n) is 6.09. The summed E-state index contributed by atoms with van der Waals surface area (Å²) in [5.74, 6) is 0.864. The summed E-state index contributed by atoms with van der Waals surface area (Å²) in [6, 6.07) is 7.59. The zero-order valence-electron chi connectivity index (χ0n) is 13.2. The number of sulfonamides is 1. The van der Waals surface area contributed by atoms with Crippen molar-refractivity contribution in [2.24, 2.45) is 5.92 Å². The molecule has 5 heteroatoms. The Labute approximate surface area is 128 Å². The van der Waals surface area contributed by atoms with Crippen LogP contribution in [-0.4, -0.2) is 32.9 Å². The predicted octanol–water partition coefficient (Wildman–Crippen LogP) is 3.32. The fraction of sp³-hybridized carbons (Fsp3) is 0.625. The van der Waals surface area contributed by atoms with E-state index in [-0.39, 0.29) is 0 Å². The smallest absolute Gasteiger partial charge is 0.242 e. The minimum absolute atomic E-state index is 0.347. The van der Waals surface area contributed by atoms with Crippen molar-refractivity contribution in [2.45, 2.75) is 50.0 Å². The molecular formula is C16H26N2O2S. The molecule has 0 saturated heterocycles. The first-order valence-electron chi connectivity index (χ1n) is 7.72. The average Bonchev–Trinajstić information content (AvgIpc) is 2.48. The van der Waals surface area contributed by atoms with E-state index in [1.54, 1.807) is 32.3 Å². The third-order valence-electron chi connectivity index (χ3n) is 4.41. The normalized spacial score (nSPS) is 23.2. The standard InChI is InChI=1S/C16H26N2O2S/c1-4-13-8-10-14(11-9-13)17-15-6-5-7-16(12-15)21(19,20)18(2)3/h5-7,12-14,17H,4,8-11H2,1-3H3. The van der Waals surface area contributed by atoms with Gasteiger partial charge < -0.3 is 5.32 Å². The molecule has 1 fully saturated rings. The Kier molecular flexibility index (Phi) is 5.27. The Bertz CT molecular complexity index is 561. The lowest BCUT2D eigenvalue weighted by Gasteiger charge is -2.29. The molecule has 1 saturated carbocycles. The molecule has 0 radical (unpaired) electrons. The Morgan fingerprint density at radius 1 is 1.19 bits per heavy atom. The van der Waals surface area contributed by atoms with Crippen LogP contribution >= 0.6 is 0 Å². The second-order valence-corrected chi connectivity index (χ2v) is 8.24. The van der Waals surface area contributed by atoms with Gasteiger partial charge in [0.25, 0.3) is 0 Å². The summed E-state index contributed by atoms with van der Waals surface area (Å²) < 4.78 is 25.6. The fourth-order valence-corrected chi connectivity index (χ4v) is 3.86. The van der Waals surface area contributed by atoms with E-state index in [0.717, 1.165) is 11.6 Å². The van der Waals surface area contributed by atoms with Crippen molar-refractivity contribution in [3.05, 3.63) is 24.3 Å². The van der Waals surface area contributed by atoms with Gasteiger partial charge in [-0.1, -0.05) is 19.4 Å². The van der Waals surface area contributed by atoms with Crippen molar-refractivity contribution in [2.75, 3.05) is 19.4 Å². The molecule has 0 spiro atoms. The highest BCUT2D eigenvalue weighted by Crippen LogP contribution is 2.29. The molecule has 1 aromatic rings. The van der Waals surface area contributed by atoms with Crippen molar-refractivity contribution >= 4 is 15.7 Å². The second kappa shape index (κ2) is 6.79. The van der Waals surface area contributed by atoms with Crippen LogP contribution in [0.5, 0.6) is 0 Å². The van der Waals surface area contributed by atoms with E-state index in [2.05, 4.69) is 12.2 Å². The molecule has 1 aliphatic rings. The van der Waals surface area contributed by atoms with E-state index in [9.17, 15) is 8.42 Å². The Balaban J connectivity index is 2.06. The van der Waals surface area contributed by atoms with Gasteiger partial charge in [-0.2, -0.15) is 0 Å². The molecule has 0 amide bonds. The predicted molar refractivity (Wildman–Crippen MR) is 87.0 cm³/mol. The summed E-state index contributed by atoms with van der Waals surface area (Å²) in [4.78, 5) is 0.347. The SMILES string of the molecule is CCC1CCC(Nc2cccc(S(=O)(=O)N(C)C)c2)CC1. The van der Waals surface area contributed by atoms with Gasteiger partial charge >= 0.3 is 0 Å². The molecular weight excluding hydrogens is 284 g/mol. The van der Waals surface area contributed by atoms with Crippen molar-refractivity contribution < 1.29 is 8.42 Å². The lowest BCUT2D eigenvalue weighted by Crippen LogP contribution is -2.26. The minimum atomic E-state index is -3.36. The van der Waals surface area contributed by atoms with Crippen LogP contribution in [0.2, 0.25) is 0 Å². The highest BCUT2D eigenvalue weighted by molar-refractivity contribution is 7.89. The van der Waals surface area contributed by atoms with Crippen LogP contribution in [0.25, 0.3) is 0 Å². The first kappa shape index (κ1) is 16.3. The molecule has 118 valence electrons. The lowest BCUT2D eigenvalue weighted by atomic mass is 9.84. The van der Waals surface area contributed by atoms with Crippen LogP contribution in [0.15, 0.2) is 29.2 Å². The van der Waals surface area contributed by atoms with Gasteiger partial charge in [0.1, 0.15) is 0 Å². The van der Waals surface area contributed by atoms with Gasteiger partial charge in [-0.05, 0) is 49.8 Å². The van der Waals surface area contributed by atoms with E-state index < -0.39 is 10.0 Å². The molecule has 1 N–H and O–H groups in total. The zero-order chi connectivity index (χ0) is 15.5. The fourth-order valence-electron chi connectivity index (χ4n) is 2.91. The first-order valence-corrected chi connectivity index (χ1v) is 9.16. The van der Waals surface area contributed by atoms with Crippen LogP contribution in [-0.2, 0) is 10.0 Å². The zero-order valence-corrected chi connectivity index (χ0v) is 14.0. The van der Waals surface area contributed by atoms with Crippen LogP contribution in [0.4, 0.5) is 5.69 Å². The number of nitrogens with zero attached hydrogens (tertiary/aromatic N) is 1. The molecule has 2 rings (SSSR count). The Hall–Kier alpha value is -1.07. The number of rotatable bonds is 5. The highest BCUT2D eigenvalue weighted by atomic mass is 32.2. The Morgan fingerprint density at radius 2 is 1.86 bits per heavy atom. The maximum Gasteiger partial charge on any atom is 0.242 e. The highest BCUT2D eigenvalue weighted by Gasteiger charge is 2.21. The molecule has 21 heavy (non-hydrogen) atoms. The summed E-state index contributed by atoms with van der Waals surface area (Å²) in [5.41, 5.74) is 0.901. The molecule has 1 aliphatic carbocycles. The topological polar surface area (TPSA) is 49.4 Å². The lowest BCUT2D eigenvalue weighted by molar-refractivity contribution is 0.330. The van der Waals surface area contributed by atoms with Gasteiger partial charge in [0.15, 0.2) is 0 Å². The first-order chi connectivity index (χ1) is 9.93. The van der Waals surface area contributed by atoms with Gasteiger partial charge in [-0.25, -0.2) is 12.7 Å². The van der Waals surface area contributed by atoms with Crippen LogP contribution in [0, 0.1) is 5.92 Å². The molecule has 0 atom stereocenters. The van der Waals surface area contributed by atoms with Gasteiger partial charge in [0.2, 0.25) is 10.0 Å². The van der Waals surface area contributed by atoms with E-state index in [1.165, 1.54) is 36.4 Å². The van der Waals surface area contributed by atoms with Gasteiger partial charge in [-0.3, -0.25) is 0 Å². The van der Waals surface area contributed by atoms with Crippen LogP contribution in [0.3, 0.4) is 0 Å². The van der Waals surface area contributed by atoms with Gasteiger partial charge in [0, 0.05) is 25.8 Å². The van der Waals surface area contributed by atoms with Crippen molar-refractivity contribution in [1.29, 1.82) is 0 Å². The quantitative estimate of drug-likeness (QED) is 0.907. The van der Waals surface area contributed by atoms with Gasteiger partial charge in [0.05, 0.1) is 4.90 Å². The molecule has 0 unspecified atom stereocenters. The third-order valence-corrected chi connectivity index (χ3v) is 6.22. The van der Waals surface area contributed by atoms with Crippen molar-refractivity contribution in [1.82, 2.24) is 4.31 Å². The number of hydrogen-bond acceptors (Lipinski definition) is 3. The number of nitrogens with one attached hydrogen (secondary N) is 1. The largest absolute Gasteiger partial charge is 0.382 e. The number of hydrogen-bond donors (Lipinski definition) is 1. The van der Waals surface area contributed by atoms with E-state index in [4.69, 9.17) is 0 Å². The minimum Gasteiger partial charge on any atom is -0.382 e. The van der Waals surface area contributed by atoms with E-state index in [1.807, 2.05) is 6.07 Å². The third kappa shape index (κ3) is 3.98. The molecule has 0 bridgehead atoms. The maximum atomic E-state index is 12.2. The van der Waals surface area contributed by atoms with Crippen LogP contribution < -0.4 is 5.32 Å². The average molecular weight is 310 g/mol. The molecule has 0 heterocycles.